The van der Waals surface area contributed by atoms with Gasteiger partial charge in [0.05, 0.1) is 26.5 Å². The van der Waals surface area contributed by atoms with Crippen LogP contribution in [0.25, 0.3) is 5.70 Å². The zero-order valence-corrected chi connectivity index (χ0v) is 15.0. The third-order valence-corrected chi connectivity index (χ3v) is 3.60. The summed E-state index contributed by atoms with van der Waals surface area (Å²) in [7, 11) is 3.05. The van der Waals surface area contributed by atoms with Gasteiger partial charge in [0.25, 0.3) is 11.8 Å². The van der Waals surface area contributed by atoms with Gasteiger partial charge in [-0.1, -0.05) is 6.58 Å². The van der Waals surface area contributed by atoms with Crippen LogP contribution in [0.2, 0.25) is 0 Å². The van der Waals surface area contributed by atoms with E-state index < -0.39 is 17.6 Å². The molecule has 0 spiro atoms. The molecule has 0 atom stereocenters. The highest BCUT2D eigenvalue weighted by Gasteiger charge is 2.10. The van der Waals surface area contributed by atoms with Gasteiger partial charge in [0.1, 0.15) is 5.82 Å². The van der Waals surface area contributed by atoms with Crippen molar-refractivity contribution in [3.05, 3.63) is 66.0 Å². The minimum Gasteiger partial charge on any atom is -0.493 e. The molecule has 0 fully saturated rings. The SMILES string of the molecule is C=C(NNC(=O)CNC(=O)c1ccc(F)cc1)c1ccc(OC)c(OC)c1. The van der Waals surface area contributed by atoms with E-state index in [1.807, 2.05) is 0 Å². The number of halogens is 1. The number of amides is 2. The van der Waals surface area contributed by atoms with Gasteiger partial charge in [-0.25, -0.2) is 4.39 Å². The summed E-state index contributed by atoms with van der Waals surface area (Å²) < 4.78 is 23.2. The predicted molar refractivity (Wildman–Crippen MR) is 98.6 cm³/mol. The van der Waals surface area contributed by atoms with Crippen LogP contribution in [-0.4, -0.2) is 32.6 Å². The smallest absolute Gasteiger partial charge is 0.257 e. The minimum absolute atomic E-state index is 0.256. The lowest BCUT2D eigenvalue weighted by Crippen LogP contribution is -2.42. The van der Waals surface area contributed by atoms with E-state index in [1.165, 1.54) is 38.5 Å². The highest BCUT2D eigenvalue weighted by atomic mass is 19.1. The normalized spacial score (nSPS) is 9.89. The Bertz CT molecular complexity index is 837. The Labute approximate surface area is 156 Å². The molecule has 2 aromatic rings. The van der Waals surface area contributed by atoms with Crippen LogP contribution in [0.4, 0.5) is 4.39 Å². The van der Waals surface area contributed by atoms with Crippen LogP contribution in [0.5, 0.6) is 11.5 Å². The number of hydrogen-bond donors (Lipinski definition) is 3. The zero-order chi connectivity index (χ0) is 19.8. The summed E-state index contributed by atoms with van der Waals surface area (Å²) in [5.74, 6) is -0.310. The Morgan fingerprint density at radius 3 is 2.22 bits per heavy atom. The average molecular weight is 373 g/mol. The van der Waals surface area contributed by atoms with Gasteiger partial charge in [0.2, 0.25) is 0 Å². The van der Waals surface area contributed by atoms with Crippen LogP contribution < -0.4 is 25.6 Å². The Morgan fingerprint density at radius 2 is 1.59 bits per heavy atom. The lowest BCUT2D eigenvalue weighted by molar-refractivity contribution is -0.120. The zero-order valence-electron chi connectivity index (χ0n) is 15.0. The standard InChI is InChI=1S/C19H20FN3O4/c1-12(14-6-9-16(26-2)17(10-14)27-3)22-23-18(24)11-21-19(25)13-4-7-15(20)8-5-13/h4-10,22H,1,11H2,2-3H3,(H,21,25)(H,23,24). The summed E-state index contributed by atoms with van der Waals surface area (Å²) in [4.78, 5) is 23.7. The summed E-state index contributed by atoms with van der Waals surface area (Å²) in [5.41, 5.74) is 6.46. The van der Waals surface area contributed by atoms with Gasteiger partial charge in [-0.15, -0.1) is 0 Å². The van der Waals surface area contributed by atoms with Gasteiger partial charge < -0.3 is 14.8 Å². The van der Waals surface area contributed by atoms with E-state index in [-0.39, 0.29) is 12.1 Å². The van der Waals surface area contributed by atoms with Crippen molar-refractivity contribution < 1.29 is 23.5 Å². The van der Waals surface area contributed by atoms with Crippen molar-refractivity contribution in [3.63, 3.8) is 0 Å². The molecule has 0 saturated carbocycles. The van der Waals surface area contributed by atoms with Gasteiger partial charge in [-0.3, -0.25) is 20.4 Å². The van der Waals surface area contributed by atoms with Crippen molar-refractivity contribution in [3.8, 4) is 11.5 Å². The van der Waals surface area contributed by atoms with Crippen LogP contribution in [0.3, 0.4) is 0 Å². The van der Waals surface area contributed by atoms with Crippen molar-refractivity contribution in [2.75, 3.05) is 20.8 Å². The topological polar surface area (TPSA) is 88.7 Å². The molecular formula is C19H20FN3O4. The lowest BCUT2D eigenvalue weighted by Gasteiger charge is -2.14. The second-order valence-corrected chi connectivity index (χ2v) is 5.41. The summed E-state index contributed by atoms with van der Waals surface area (Å²) in [5, 5.41) is 2.44. The lowest BCUT2D eigenvalue weighted by atomic mass is 10.1. The van der Waals surface area contributed by atoms with Gasteiger partial charge in [-0.05, 0) is 42.5 Å². The first-order valence-corrected chi connectivity index (χ1v) is 7.94. The molecule has 0 heterocycles. The summed E-state index contributed by atoms with van der Waals surface area (Å²) >= 11 is 0. The first-order chi connectivity index (χ1) is 12.9. The molecule has 0 aliphatic carbocycles. The van der Waals surface area contributed by atoms with Crippen LogP contribution in [0, 0.1) is 5.82 Å². The number of rotatable bonds is 8. The highest BCUT2D eigenvalue weighted by molar-refractivity contribution is 5.96. The molecule has 27 heavy (non-hydrogen) atoms. The molecule has 8 heteroatoms. The van der Waals surface area contributed by atoms with Gasteiger partial charge in [0, 0.05) is 11.1 Å². The van der Waals surface area contributed by atoms with Crippen molar-refractivity contribution in [1.82, 2.24) is 16.2 Å². The third kappa shape index (κ3) is 5.46. The number of ether oxygens (including phenoxy) is 2. The summed E-state index contributed by atoms with van der Waals surface area (Å²) in [6.45, 7) is 3.57. The number of hydrazine groups is 1. The fraction of sp³-hybridized carbons (Fsp3) is 0.158. The van der Waals surface area contributed by atoms with E-state index in [0.717, 1.165) is 0 Å². The Balaban J connectivity index is 1.83. The highest BCUT2D eigenvalue weighted by Crippen LogP contribution is 2.29. The van der Waals surface area contributed by atoms with Crippen molar-refractivity contribution in [1.29, 1.82) is 0 Å². The molecule has 0 saturated heterocycles. The fourth-order valence-corrected chi connectivity index (χ4v) is 2.15. The number of carbonyl (C=O) groups is 2. The first-order valence-electron chi connectivity index (χ1n) is 7.94. The number of nitrogens with one attached hydrogen (secondary N) is 3. The maximum Gasteiger partial charge on any atom is 0.257 e. The van der Waals surface area contributed by atoms with Crippen LogP contribution in [0.15, 0.2) is 49.0 Å². The minimum atomic E-state index is -0.483. The van der Waals surface area contributed by atoms with Gasteiger partial charge >= 0.3 is 0 Å². The Morgan fingerprint density at radius 1 is 0.963 bits per heavy atom. The monoisotopic (exact) mass is 373 g/mol. The van der Waals surface area contributed by atoms with Crippen molar-refractivity contribution in [2.45, 2.75) is 0 Å². The molecule has 2 aromatic carbocycles. The molecule has 142 valence electrons. The molecule has 2 amide bonds. The third-order valence-electron chi connectivity index (χ3n) is 3.60. The van der Waals surface area contributed by atoms with Crippen LogP contribution in [0.1, 0.15) is 15.9 Å². The summed E-state index contributed by atoms with van der Waals surface area (Å²) in [6, 6.07) is 10.2. The molecule has 0 aromatic heterocycles. The summed E-state index contributed by atoms with van der Waals surface area (Å²) in [6.07, 6.45) is 0. The number of hydrogen-bond acceptors (Lipinski definition) is 5. The molecule has 0 aliphatic heterocycles. The number of benzene rings is 2. The van der Waals surface area contributed by atoms with Crippen LogP contribution >= 0.6 is 0 Å². The second kappa shape index (κ2) is 9.23. The van der Waals surface area contributed by atoms with E-state index in [9.17, 15) is 14.0 Å². The molecule has 0 aliphatic rings. The molecule has 3 N–H and O–H groups in total. The predicted octanol–water partition coefficient (Wildman–Crippen LogP) is 1.86. The molecule has 2 rings (SSSR count). The second-order valence-electron chi connectivity index (χ2n) is 5.41. The van der Waals surface area contributed by atoms with E-state index in [0.29, 0.717) is 22.8 Å². The molecule has 0 bridgehead atoms. The fourth-order valence-electron chi connectivity index (χ4n) is 2.15. The van der Waals surface area contributed by atoms with Crippen molar-refractivity contribution in [2.24, 2.45) is 0 Å². The van der Waals surface area contributed by atoms with E-state index in [2.05, 4.69) is 22.7 Å². The molecule has 0 unspecified atom stereocenters. The number of carbonyl (C=O) groups excluding carboxylic acids is 2. The molecule has 0 radical (unpaired) electrons. The average Bonchev–Trinajstić information content (AvgIpc) is 2.70. The largest absolute Gasteiger partial charge is 0.493 e. The van der Waals surface area contributed by atoms with Gasteiger partial charge in [-0.2, -0.15) is 0 Å². The van der Waals surface area contributed by atoms with E-state index in [1.54, 1.807) is 18.2 Å². The van der Waals surface area contributed by atoms with Crippen molar-refractivity contribution >= 4 is 17.5 Å². The molecular weight excluding hydrogens is 353 g/mol. The maximum atomic E-state index is 12.8. The van der Waals surface area contributed by atoms with Gasteiger partial charge in [0.15, 0.2) is 11.5 Å². The Kier molecular flexibility index (Phi) is 6.76. The van der Waals surface area contributed by atoms with E-state index in [4.69, 9.17) is 9.47 Å². The number of methoxy groups -OCH3 is 2. The maximum absolute atomic E-state index is 12.8. The Hall–Kier alpha value is -3.55. The first kappa shape index (κ1) is 19.8. The quantitative estimate of drug-likeness (QED) is 0.615. The molecule has 7 nitrogen and oxygen atoms in total. The van der Waals surface area contributed by atoms with E-state index >= 15 is 0 Å². The van der Waals surface area contributed by atoms with Crippen LogP contribution in [-0.2, 0) is 4.79 Å².